The van der Waals surface area contributed by atoms with Gasteiger partial charge in [0.1, 0.15) is 0 Å². The van der Waals surface area contributed by atoms with Crippen molar-refractivity contribution in [2.75, 3.05) is 0 Å². The van der Waals surface area contributed by atoms with Crippen molar-refractivity contribution in [1.29, 1.82) is 0 Å². The van der Waals surface area contributed by atoms with Crippen LogP contribution in [0.4, 0.5) is 0 Å². The van der Waals surface area contributed by atoms with Crippen molar-refractivity contribution < 1.29 is 0 Å². The largest absolute Gasteiger partial charge is 0.0619 e. The highest BCUT2D eigenvalue weighted by molar-refractivity contribution is 5.87. The number of rotatable bonds is 0. The van der Waals surface area contributed by atoms with Gasteiger partial charge >= 0.3 is 0 Å². The first-order valence-electron chi connectivity index (χ1n) is 43.1. The van der Waals surface area contributed by atoms with E-state index in [4.69, 9.17) is 0 Å². The Labute approximate surface area is 702 Å². The quantitative estimate of drug-likeness (QED) is 0.142. The monoisotopic (exact) mass is 1530 g/mol. The summed E-state index contributed by atoms with van der Waals surface area (Å²) in [5.41, 5.74) is 78.8. The van der Waals surface area contributed by atoms with Gasteiger partial charge in [-0.05, 0) is 509 Å². The maximum absolute atomic E-state index is 2.37. The second-order valence-electron chi connectivity index (χ2n) is 36.1. The molecule has 0 spiro atoms. The first kappa shape index (κ1) is 81.2. The first-order chi connectivity index (χ1) is 55.8. The fourth-order valence-corrected chi connectivity index (χ4v) is 20.2. The number of hydrogen-bond donors (Lipinski definition) is 0. The Morgan fingerprint density at radius 3 is 1.03 bits per heavy atom. The highest BCUT2D eigenvalue weighted by Crippen LogP contribution is 2.48. The zero-order valence-corrected chi connectivity index (χ0v) is 75.3. The lowest BCUT2D eigenvalue weighted by molar-refractivity contribution is 1.15. The lowest BCUT2D eigenvalue weighted by Gasteiger charge is -2.16. The lowest BCUT2D eigenvalue weighted by atomic mass is 9.89. The summed E-state index contributed by atoms with van der Waals surface area (Å²) >= 11 is 0. The van der Waals surface area contributed by atoms with Gasteiger partial charge in [0, 0.05) is 0 Å². The van der Waals surface area contributed by atoms with Crippen molar-refractivity contribution in [3.63, 3.8) is 0 Å². The van der Waals surface area contributed by atoms with E-state index in [0.29, 0.717) is 0 Å². The van der Waals surface area contributed by atoms with Crippen LogP contribution in [0.15, 0.2) is 182 Å². The molecule has 0 radical (unpaired) electrons. The van der Waals surface area contributed by atoms with Crippen LogP contribution in [0.1, 0.15) is 223 Å². The molecular weight excluding hydrogens is 1410 g/mol. The zero-order chi connectivity index (χ0) is 83.3. The molecule has 0 heteroatoms. The van der Waals surface area contributed by atoms with Crippen molar-refractivity contribution in [2.24, 2.45) is 0 Å². The number of benzene rings is 14. The Balaban J connectivity index is 0.000000107. The van der Waals surface area contributed by atoms with Gasteiger partial charge in [-0.25, -0.2) is 0 Å². The van der Waals surface area contributed by atoms with E-state index in [1.807, 2.05) is 0 Å². The van der Waals surface area contributed by atoms with E-state index in [1.165, 1.54) is 295 Å². The third-order valence-corrected chi connectivity index (χ3v) is 29.0. The van der Waals surface area contributed by atoms with E-state index in [9.17, 15) is 0 Å². The fourth-order valence-electron chi connectivity index (χ4n) is 20.2. The van der Waals surface area contributed by atoms with Crippen molar-refractivity contribution in [3.05, 3.63) is 405 Å². The van der Waals surface area contributed by atoms with Crippen LogP contribution in [0.2, 0.25) is 0 Å². The van der Waals surface area contributed by atoms with Crippen LogP contribution in [0.5, 0.6) is 0 Å². The highest BCUT2D eigenvalue weighted by atomic mass is 14.3. The second kappa shape index (κ2) is 32.2. The smallest absolute Gasteiger partial charge is 0.000809 e. The summed E-state index contributed by atoms with van der Waals surface area (Å²) in [6.45, 7) is 57.9. The molecule has 117 heavy (non-hydrogen) atoms. The van der Waals surface area contributed by atoms with Gasteiger partial charge in [-0.2, -0.15) is 0 Å². The van der Waals surface area contributed by atoms with E-state index in [0.717, 1.165) is 44.9 Å². The van der Waals surface area contributed by atoms with Crippen molar-refractivity contribution >= 4 is 0 Å². The van der Waals surface area contributed by atoms with Gasteiger partial charge in [0.15, 0.2) is 0 Å². The first-order valence-corrected chi connectivity index (χ1v) is 43.1. The summed E-state index contributed by atoms with van der Waals surface area (Å²) in [6, 6.07) is 68.1. The van der Waals surface area contributed by atoms with Crippen LogP contribution in [0.25, 0.3) is 77.9 Å². The molecule has 0 heterocycles. The molecule has 0 N–H and O–H groups in total. The summed E-state index contributed by atoms with van der Waals surface area (Å²) in [7, 11) is 0. The maximum Gasteiger partial charge on any atom is -0.000809 e. The minimum Gasteiger partial charge on any atom is -0.0619 e. The Kier molecular flexibility index (Phi) is 22.3. The molecule has 14 aromatic rings. The minimum absolute atomic E-state index is 1.10. The van der Waals surface area contributed by atoms with Crippen LogP contribution in [0, 0.1) is 180 Å². The summed E-state index contributed by atoms with van der Waals surface area (Å²) in [5, 5.41) is 0. The van der Waals surface area contributed by atoms with Gasteiger partial charge in [-0.15, -0.1) is 0 Å². The summed E-state index contributed by atoms with van der Waals surface area (Å²) < 4.78 is 0. The van der Waals surface area contributed by atoms with Gasteiger partial charge < -0.3 is 0 Å². The molecule has 0 bridgehead atoms. The average Bonchev–Trinajstić information content (AvgIpc) is 1.63. The van der Waals surface area contributed by atoms with E-state index >= 15 is 0 Å². The molecule has 7 aliphatic rings. The van der Waals surface area contributed by atoms with E-state index in [2.05, 4.69) is 362 Å². The molecule has 0 aliphatic heterocycles. The van der Waals surface area contributed by atoms with Gasteiger partial charge in [-0.1, -0.05) is 199 Å². The van der Waals surface area contributed by atoms with Crippen LogP contribution in [-0.4, -0.2) is 0 Å². The van der Waals surface area contributed by atoms with Gasteiger partial charge in [0.05, 0.1) is 0 Å². The van der Waals surface area contributed by atoms with Crippen LogP contribution in [-0.2, 0) is 44.9 Å². The van der Waals surface area contributed by atoms with Crippen LogP contribution >= 0.6 is 0 Å². The molecule has 0 atom stereocenters. The SMILES string of the molecule is Cc1c(C)c(C)c2c(c1C)Cc1ccccc1-2.Cc1cc2c(c(C)c1C)Cc1c(C)cccc1-2.Cc1cc2c(c(C)c1C)Cc1cccc(C)c1-2.Cc1cc2c(cc1C)-c1cccc(C)c1C2.Cc1ccc2c(c1)-c1cc(C)c(C)c(C)c1C2.Cc1ccc2c(c1)Cc1c-2cc(C)c(C)c1C.Cc1ccc2c(c1)Cc1cc(C)c(C)cc1-2. The molecule has 0 amide bonds. The number of hydrogen-bond acceptors (Lipinski definition) is 0. The zero-order valence-electron chi connectivity index (χ0n) is 75.3. The fraction of sp³-hybridized carbons (Fsp3) is 0.282. The predicted octanol–water partition coefficient (Wildman–Crippen LogP) is 30.8. The summed E-state index contributed by atoms with van der Waals surface area (Å²) in [6.07, 6.45) is 7.77. The van der Waals surface area contributed by atoms with E-state index in [-0.39, 0.29) is 0 Å². The standard InChI is InChI=1S/5C17H18.2C16H16/c1-10-5-6-15-14(7-10)9-16-13(4)12(3)11(2)8-17(15)16;1-10-5-6-14-9-15-13(4)12(3)11(2)8-17(15)16(14)7-10;1-10-6-5-7-14-15(10)9-16-13(4)12(3)11(2)8-17(14)16;1-10-6-5-7-14-9-15-13(4)12(3)11(2)8-16(15)17(10)14;1-10-11(2)13(4)17-15-8-6-5-7-14(15)9-16(17)12(10)3;1-10-4-5-15-13(6-10)9-14-7-11(2)12(3)8-16(14)15;1-10-5-4-6-14-15(10)9-13-7-11(2)12(3)8-16(13)14/h5*5-8H,9H2,1-4H3;2*4-8H,9H2,1-3H3. The molecule has 0 aromatic heterocycles. The molecule has 0 fully saturated rings. The molecule has 14 aromatic carbocycles. The Bertz CT molecular complexity index is 6420. The molecule has 0 unspecified atom stereocenters. The predicted molar refractivity (Wildman–Crippen MR) is 506 cm³/mol. The summed E-state index contributed by atoms with van der Waals surface area (Å²) in [5.74, 6) is 0. The molecule has 0 saturated carbocycles. The molecular formula is C117H122. The Morgan fingerprint density at radius 1 is 0.137 bits per heavy atom. The van der Waals surface area contributed by atoms with Gasteiger partial charge in [-0.3, -0.25) is 0 Å². The van der Waals surface area contributed by atoms with Crippen LogP contribution in [0.3, 0.4) is 0 Å². The highest BCUT2D eigenvalue weighted by Gasteiger charge is 2.29. The maximum atomic E-state index is 2.37. The Hall–Kier alpha value is -10.9. The lowest BCUT2D eigenvalue weighted by Crippen LogP contribution is -1.98. The molecule has 0 nitrogen and oxygen atoms in total. The van der Waals surface area contributed by atoms with E-state index < -0.39 is 0 Å². The third kappa shape index (κ3) is 15.0. The molecule has 7 aliphatic carbocycles. The Morgan fingerprint density at radius 2 is 0.462 bits per heavy atom. The second-order valence-corrected chi connectivity index (χ2v) is 36.1. The van der Waals surface area contributed by atoms with Gasteiger partial charge in [0.2, 0.25) is 0 Å². The molecule has 0 saturated heterocycles. The number of fused-ring (bicyclic) bond motifs is 21. The third-order valence-electron chi connectivity index (χ3n) is 29.0. The van der Waals surface area contributed by atoms with Crippen molar-refractivity contribution in [2.45, 2.75) is 225 Å². The van der Waals surface area contributed by atoms with Crippen molar-refractivity contribution in [1.82, 2.24) is 0 Å². The topological polar surface area (TPSA) is 0 Å². The number of aryl methyl sites for hydroxylation is 14. The average molecular weight is 1530 g/mol. The normalized spacial score (nSPS) is 12.5. The molecule has 21 rings (SSSR count). The van der Waals surface area contributed by atoms with Gasteiger partial charge in [0.25, 0.3) is 0 Å². The molecule has 590 valence electrons. The minimum atomic E-state index is 1.10. The van der Waals surface area contributed by atoms with Crippen LogP contribution < -0.4 is 0 Å². The summed E-state index contributed by atoms with van der Waals surface area (Å²) in [4.78, 5) is 0. The van der Waals surface area contributed by atoms with Crippen molar-refractivity contribution in [3.8, 4) is 77.9 Å². The van der Waals surface area contributed by atoms with E-state index in [1.54, 1.807) is 5.56 Å².